The fraction of sp³-hybridized carbons (Fsp3) is 0.111. The summed E-state index contributed by atoms with van der Waals surface area (Å²) < 4.78 is 10.3. The molecule has 1 heterocycles. The minimum atomic E-state index is -0.741. The number of hydrogen-bond acceptors (Lipinski definition) is 8. The molecule has 0 spiro atoms. The fourth-order valence-corrected chi connectivity index (χ4v) is 3.10. The highest BCUT2D eigenvalue weighted by atomic mass is 32.1. The van der Waals surface area contributed by atoms with E-state index in [1.54, 1.807) is 12.5 Å². The number of aromatic nitrogens is 1. The Kier molecular flexibility index (Phi) is 5.32. The van der Waals surface area contributed by atoms with Gasteiger partial charge in [-0.2, -0.15) is 0 Å². The lowest BCUT2D eigenvalue weighted by Gasteiger charge is -2.05. The predicted octanol–water partition coefficient (Wildman–Crippen LogP) is 3.67. The summed E-state index contributed by atoms with van der Waals surface area (Å²) in [7, 11) is 1.60. The van der Waals surface area contributed by atoms with Crippen molar-refractivity contribution in [3.8, 4) is 16.3 Å². The van der Waals surface area contributed by atoms with Crippen LogP contribution in [-0.2, 0) is 11.3 Å². The zero-order valence-corrected chi connectivity index (χ0v) is 15.1. The minimum absolute atomic E-state index is 0.0465. The van der Waals surface area contributed by atoms with E-state index in [0.717, 1.165) is 22.4 Å². The normalized spacial score (nSPS) is 10.4. The van der Waals surface area contributed by atoms with Crippen LogP contribution in [-0.4, -0.2) is 23.0 Å². The highest BCUT2D eigenvalue weighted by molar-refractivity contribution is 7.13. The van der Waals surface area contributed by atoms with Crippen LogP contribution in [0.2, 0.25) is 0 Å². The first-order valence-electron chi connectivity index (χ1n) is 7.78. The summed E-state index contributed by atoms with van der Waals surface area (Å²) in [5, 5.41) is 13.4. The van der Waals surface area contributed by atoms with Gasteiger partial charge in [-0.15, -0.1) is 11.3 Å². The van der Waals surface area contributed by atoms with E-state index in [0.29, 0.717) is 5.69 Å². The highest BCUT2D eigenvalue weighted by Crippen LogP contribution is 2.26. The molecule has 8 nitrogen and oxygen atoms in total. The van der Waals surface area contributed by atoms with Crippen LogP contribution in [0.15, 0.2) is 47.8 Å². The molecule has 0 atom stereocenters. The summed E-state index contributed by atoms with van der Waals surface area (Å²) in [4.78, 5) is 26.9. The summed E-state index contributed by atoms with van der Waals surface area (Å²) in [6.45, 7) is -0.0619. The lowest BCUT2D eigenvalue weighted by Crippen LogP contribution is -2.09. The number of thiazole rings is 1. The van der Waals surface area contributed by atoms with Crippen molar-refractivity contribution in [2.75, 3.05) is 12.8 Å². The number of non-ortho nitro benzene ring substituents is 1. The van der Waals surface area contributed by atoms with Gasteiger partial charge in [-0.25, -0.2) is 9.78 Å². The molecule has 0 saturated heterocycles. The number of nitrogen functional groups attached to an aromatic ring is 1. The lowest BCUT2D eigenvalue weighted by atomic mass is 10.1. The van der Waals surface area contributed by atoms with E-state index in [1.165, 1.54) is 23.5 Å². The molecular formula is C18H15N3O5S. The highest BCUT2D eigenvalue weighted by Gasteiger charge is 2.17. The molecule has 9 heteroatoms. The van der Waals surface area contributed by atoms with E-state index in [4.69, 9.17) is 15.2 Å². The van der Waals surface area contributed by atoms with Crippen LogP contribution in [0.1, 0.15) is 16.1 Å². The number of anilines is 1. The van der Waals surface area contributed by atoms with Crippen LogP contribution >= 0.6 is 11.3 Å². The molecular weight excluding hydrogens is 370 g/mol. The maximum atomic E-state index is 12.2. The van der Waals surface area contributed by atoms with Crippen molar-refractivity contribution in [2.45, 2.75) is 6.61 Å². The Morgan fingerprint density at radius 3 is 2.67 bits per heavy atom. The standard InChI is InChI=1S/C18H15N3O5S/c1-25-14-5-2-11(3-6-14)17-20-12(10-27-17)9-26-18(22)15-8-13(21(23)24)4-7-16(15)19/h2-8,10H,9,19H2,1H3. The number of methoxy groups -OCH3 is 1. The Bertz CT molecular complexity index is 985. The smallest absolute Gasteiger partial charge is 0.340 e. The molecule has 2 N–H and O–H groups in total. The van der Waals surface area contributed by atoms with Crippen molar-refractivity contribution < 1.29 is 19.2 Å². The molecule has 1 aromatic heterocycles. The topological polar surface area (TPSA) is 118 Å². The Labute approximate surface area is 158 Å². The van der Waals surface area contributed by atoms with Gasteiger partial charge in [0, 0.05) is 28.8 Å². The van der Waals surface area contributed by atoms with Crippen molar-refractivity contribution in [1.82, 2.24) is 4.98 Å². The van der Waals surface area contributed by atoms with Gasteiger partial charge in [0.1, 0.15) is 17.4 Å². The van der Waals surface area contributed by atoms with Crippen molar-refractivity contribution in [1.29, 1.82) is 0 Å². The van der Waals surface area contributed by atoms with E-state index in [1.807, 2.05) is 24.3 Å². The van der Waals surface area contributed by atoms with Crippen LogP contribution < -0.4 is 10.5 Å². The van der Waals surface area contributed by atoms with E-state index in [-0.39, 0.29) is 23.5 Å². The Morgan fingerprint density at radius 1 is 1.26 bits per heavy atom. The zero-order valence-electron chi connectivity index (χ0n) is 14.2. The second-order valence-corrected chi connectivity index (χ2v) is 6.34. The Balaban J connectivity index is 1.68. The molecule has 0 bridgehead atoms. The van der Waals surface area contributed by atoms with Crippen LogP contribution in [0.4, 0.5) is 11.4 Å². The maximum Gasteiger partial charge on any atom is 0.340 e. The monoisotopic (exact) mass is 385 g/mol. The van der Waals surface area contributed by atoms with Gasteiger partial charge in [-0.05, 0) is 30.3 Å². The minimum Gasteiger partial charge on any atom is -0.497 e. The Morgan fingerprint density at radius 2 is 2.00 bits per heavy atom. The second kappa shape index (κ2) is 7.83. The molecule has 0 unspecified atom stereocenters. The first-order valence-corrected chi connectivity index (χ1v) is 8.66. The SMILES string of the molecule is COc1ccc(-c2nc(COC(=O)c3cc([N+](=O)[O-])ccc3N)cs2)cc1. The van der Waals surface area contributed by atoms with Gasteiger partial charge in [0.25, 0.3) is 5.69 Å². The number of nitro groups is 1. The molecule has 27 heavy (non-hydrogen) atoms. The van der Waals surface area contributed by atoms with E-state index in [9.17, 15) is 14.9 Å². The van der Waals surface area contributed by atoms with E-state index in [2.05, 4.69) is 4.98 Å². The van der Waals surface area contributed by atoms with Gasteiger partial charge >= 0.3 is 5.97 Å². The number of carbonyl (C=O) groups is 1. The molecule has 2 aromatic carbocycles. The lowest BCUT2D eigenvalue weighted by molar-refractivity contribution is -0.384. The molecule has 0 aliphatic heterocycles. The van der Waals surface area contributed by atoms with Gasteiger partial charge in [0.15, 0.2) is 0 Å². The van der Waals surface area contributed by atoms with Crippen LogP contribution in [0.5, 0.6) is 5.75 Å². The molecule has 3 rings (SSSR count). The number of nitrogens with two attached hydrogens (primary N) is 1. The van der Waals surface area contributed by atoms with Gasteiger partial charge in [0.2, 0.25) is 0 Å². The van der Waals surface area contributed by atoms with Crippen molar-refractivity contribution in [3.63, 3.8) is 0 Å². The third kappa shape index (κ3) is 4.21. The molecule has 0 aliphatic rings. The number of rotatable bonds is 6. The Hall–Kier alpha value is -3.46. The number of benzene rings is 2. The van der Waals surface area contributed by atoms with Crippen LogP contribution in [0.25, 0.3) is 10.6 Å². The van der Waals surface area contributed by atoms with Gasteiger partial charge in [-0.1, -0.05) is 0 Å². The number of nitrogens with zero attached hydrogens (tertiary/aromatic N) is 2. The molecule has 138 valence electrons. The van der Waals surface area contributed by atoms with E-state index < -0.39 is 10.9 Å². The molecule has 0 saturated carbocycles. The van der Waals surface area contributed by atoms with Crippen molar-refractivity contribution in [3.05, 3.63) is 69.2 Å². The average Bonchev–Trinajstić information content (AvgIpc) is 3.15. The van der Waals surface area contributed by atoms with Gasteiger partial charge in [0.05, 0.1) is 23.3 Å². The number of carbonyl (C=O) groups excluding carboxylic acids is 1. The fourth-order valence-electron chi connectivity index (χ4n) is 2.29. The summed E-state index contributed by atoms with van der Waals surface area (Å²) in [6, 6.07) is 11.1. The summed E-state index contributed by atoms with van der Waals surface area (Å²) in [5.41, 5.74) is 7.04. The van der Waals surface area contributed by atoms with Gasteiger partial charge < -0.3 is 15.2 Å². The summed E-state index contributed by atoms with van der Waals surface area (Å²) >= 11 is 1.42. The zero-order chi connectivity index (χ0) is 19.4. The van der Waals surface area contributed by atoms with Gasteiger partial charge in [-0.3, -0.25) is 10.1 Å². The van der Waals surface area contributed by atoms with E-state index >= 15 is 0 Å². The largest absolute Gasteiger partial charge is 0.497 e. The first kappa shape index (κ1) is 18.3. The molecule has 0 amide bonds. The number of esters is 1. The quantitative estimate of drug-likeness (QED) is 0.298. The molecule has 0 aliphatic carbocycles. The van der Waals surface area contributed by atoms with Crippen molar-refractivity contribution >= 4 is 28.7 Å². The summed E-state index contributed by atoms with van der Waals surface area (Å²) in [6.07, 6.45) is 0. The molecule has 3 aromatic rings. The first-order chi connectivity index (χ1) is 13.0. The van der Waals surface area contributed by atoms with Crippen molar-refractivity contribution in [2.24, 2.45) is 0 Å². The third-order valence-electron chi connectivity index (χ3n) is 3.71. The third-order valence-corrected chi connectivity index (χ3v) is 4.65. The number of ether oxygens (including phenoxy) is 2. The number of nitro benzene ring substituents is 1. The van der Waals surface area contributed by atoms with Crippen LogP contribution in [0.3, 0.4) is 0 Å². The maximum absolute atomic E-state index is 12.2. The molecule has 0 fully saturated rings. The second-order valence-electron chi connectivity index (χ2n) is 5.48. The summed E-state index contributed by atoms with van der Waals surface area (Å²) in [5.74, 6) is 0.00852. The average molecular weight is 385 g/mol. The predicted molar refractivity (Wildman–Crippen MR) is 101 cm³/mol. The van der Waals surface area contributed by atoms with Crippen LogP contribution in [0, 0.1) is 10.1 Å². The number of hydrogen-bond donors (Lipinski definition) is 1. The molecule has 0 radical (unpaired) electrons.